The molecule has 0 saturated heterocycles. The first-order valence-corrected chi connectivity index (χ1v) is 11.7. The number of aliphatic hydroxyl groups excluding tert-OH is 2. The third-order valence-electron chi connectivity index (χ3n) is 10.1. The van der Waals surface area contributed by atoms with Crippen LogP contribution in [0.2, 0.25) is 0 Å². The quantitative estimate of drug-likeness (QED) is 0.579. The molecule has 4 fully saturated rings. The van der Waals surface area contributed by atoms with E-state index >= 15 is 0 Å². The molecule has 4 aliphatic rings. The van der Waals surface area contributed by atoms with E-state index in [4.69, 9.17) is 0 Å². The molecular weight excluding hydrogens is 391 g/mol. The van der Waals surface area contributed by atoms with Crippen LogP contribution in [-0.4, -0.2) is 34.2 Å². The van der Waals surface area contributed by atoms with Crippen LogP contribution in [0.25, 0.3) is 0 Å². The summed E-state index contributed by atoms with van der Waals surface area (Å²) >= 11 is 0. The van der Waals surface area contributed by atoms with E-state index in [0.717, 1.165) is 38.5 Å². The van der Waals surface area contributed by atoms with E-state index in [9.17, 15) is 24.9 Å². The molecule has 0 spiro atoms. The molecule has 0 aromatic rings. The van der Waals surface area contributed by atoms with Crippen LogP contribution in [0.4, 0.5) is 0 Å². The topological polar surface area (TPSA) is 97.7 Å². The van der Waals surface area contributed by atoms with Crippen LogP contribution in [0.1, 0.15) is 78.6 Å². The Bertz CT molecular complexity index is 683. The number of carbonyl (C=O) groups is 2. The maximum absolute atomic E-state index is 13.6. The molecule has 0 radical (unpaired) electrons. The number of carboxylic acid groups (broad SMARTS) is 1. The molecule has 0 aromatic heterocycles. The third-order valence-corrected chi connectivity index (χ3v) is 10.1. The number of Topliss-reactive ketones (excluding diaryl/α,β-unsaturated/α-hetero) is 1. The number of fused-ring (bicyclic) bond motifs is 5. The van der Waals surface area contributed by atoms with E-state index in [0.29, 0.717) is 24.5 Å². The summed E-state index contributed by atoms with van der Waals surface area (Å²) in [6, 6.07) is 0. The Kier molecular flexibility index (Phi) is 7.23. The van der Waals surface area contributed by atoms with Gasteiger partial charge < -0.3 is 20.1 Å². The van der Waals surface area contributed by atoms with Gasteiger partial charge in [-0.2, -0.15) is 0 Å². The van der Waals surface area contributed by atoms with Gasteiger partial charge in [0.05, 0.1) is 12.2 Å². The first kappa shape index (κ1) is 24.7. The van der Waals surface area contributed by atoms with Gasteiger partial charge in [-0.25, -0.2) is 0 Å². The second-order valence-electron chi connectivity index (χ2n) is 11.2. The van der Waals surface area contributed by atoms with E-state index in [-0.39, 0.29) is 77.1 Å². The maximum Gasteiger partial charge on any atom is 1.00 e. The van der Waals surface area contributed by atoms with Crippen LogP contribution >= 0.6 is 0 Å². The number of aliphatic hydroxyl groups is 2. The molecule has 30 heavy (non-hydrogen) atoms. The molecule has 2 N–H and O–H groups in total. The molecule has 0 aliphatic heterocycles. The fourth-order valence-corrected chi connectivity index (χ4v) is 8.41. The summed E-state index contributed by atoms with van der Waals surface area (Å²) in [4.78, 5) is 24.6. The number of carboxylic acids is 1. The number of carbonyl (C=O) groups excluding carboxylic acids is 2. The summed E-state index contributed by atoms with van der Waals surface area (Å²) in [6.07, 6.45) is 5.55. The zero-order valence-corrected chi connectivity index (χ0v) is 21.1. The Morgan fingerprint density at radius 1 is 1.17 bits per heavy atom. The Morgan fingerprint density at radius 2 is 1.87 bits per heavy atom. The van der Waals surface area contributed by atoms with Crippen molar-refractivity contribution in [1.82, 2.24) is 0 Å². The summed E-state index contributed by atoms with van der Waals surface area (Å²) in [7, 11) is 0. The van der Waals surface area contributed by atoms with E-state index in [1.165, 1.54) is 0 Å². The molecule has 0 amide bonds. The van der Waals surface area contributed by atoms with Crippen molar-refractivity contribution in [3.8, 4) is 0 Å². The van der Waals surface area contributed by atoms with Gasteiger partial charge in [0.15, 0.2) is 0 Å². The Balaban J connectivity index is 0.00000256. The zero-order chi connectivity index (χ0) is 21.1. The predicted molar refractivity (Wildman–Crippen MR) is 106 cm³/mol. The van der Waals surface area contributed by atoms with Gasteiger partial charge in [-0.3, -0.25) is 4.79 Å². The van der Waals surface area contributed by atoms with Crippen molar-refractivity contribution in [2.45, 2.75) is 90.8 Å². The first-order chi connectivity index (χ1) is 13.6. The molecule has 10 atom stereocenters. The summed E-state index contributed by atoms with van der Waals surface area (Å²) in [5, 5.41) is 32.3. The average molecular weight is 429 g/mol. The minimum Gasteiger partial charge on any atom is -0.550 e. The molecule has 4 aliphatic carbocycles. The van der Waals surface area contributed by atoms with Gasteiger partial charge in [0.25, 0.3) is 0 Å². The van der Waals surface area contributed by atoms with Crippen LogP contribution in [0.15, 0.2) is 0 Å². The number of aliphatic carboxylic acids is 1. The molecule has 0 bridgehead atoms. The van der Waals surface area contributed by atoms with Crippen molar-refractivity contribution in [2.75, 3.05) is 0 Å². The molecule has 4 unspecified atom stereocenters. The first-order valence-electron chi connectivity index (χ1n) is 11.7. The zero-order valence-electron chi connectivity index (χ0n) is 19.1. The van der Waals surface area contributed by atoms with Gasteiger partial charge in [-0.15, -0.1) is 0 Å². The average Bonchev–Trinajstić information content (AvgIpc) is 3.01. The molecule has 4 saturated carbocycles. The molecule has 0 aromatic carbocycles. The number of hydrogen-bond donors (Lipinski definition) is 2. The monoisotopic (exact) mass is 428 g/mol. The second kappa shape index (κ2) is 8.78. The van der Waals surface area contributed by atoms with Crippen molar-refractivity contribution in [1.29, 1.82) is 0 Å². The maximum atomic E-state index is 13.6. The van der Waals surface area contributed by atoms with Gasteiger partial charge in [0.1, 0.15) is 5.78 Å². The molecule has 164 valence electrons. The Morgan fingerprint density at radius 3 is 2.53 bits per heavy atom. The molecule has 0 heterocycles. The summed E-state index contributed by atoms with van der Waals surface area (Å²) < 4.78 is 0. The van der Waals surface area contributed by atoms with Crippen molar-refractivity contribution >= 4 is 11.8 Å². The van der Waals surface area contributed by atoms with E-state index < -0.39 is 17.5 Å². The Hall–Kier alpha value is 0.0600. The summed E-state index contributed by atoms with van der Waals surface area (Å²) in [6.45, 7) is 6.49. The Labute approximate surface area is 202 Å². The minimum absolute atomic E-state index is 0. The van der Waals surface area contributed by atoms with E-state index in [2.05, 4.69) is 20.8 Å². The van der Waals surface area contributed by atoms with Crippen molar-refractivity contribution < 1.29 is 54.5 Å². The summed E-state index contributed by atoms with van der Waals surface area (Å²) in [5.41, 5.74) is -0.427. The largest absolute Gasteiger partial charge is 1.00 e. The van der Waals surface area contributed by atoms with Gasteiger partial charge in [0, 0.05) is 17.8 Å². The molecule has 5 nitrogen and oxygen atoms in total. The standard InChI is InChI=1S/C24H38O5.Na/c1-13(4-7-21(28)29)16-5-6-17-22-18(12-20(27)24(16,17)3)23(2)9-8-15(25)10-14(23)11-19(22)26;/h13-19,22,25-26H,4-12H2,1-3H3,(H,28,29);/q;+1/p-1/t13-,14?,15?,16-,17+,18?,19?,22+,23+,24-;/m1./s1. The fourth-order valence-electron chi connectivity index (χ4n) is 8.41. The van der Waals surface area contributed by atoms with Crippen LogP contribution in [0, 0.1) is 46.3 Å². The van der Waals surface area contributed by atoms with Gasteiger partial charge in [0.2, 0.25) is 0 Å². The van der Waals surface area contributed by atoms with Crippen LogP contribution < -0.4 is 34.7 Å². The van der Waals surface area contributed by atoms with E-state index in [1.807, 2.05) is 0 Å². The van der Waals surface area contributed by atoms with Crippen molar-refractivity contribution in [3.63, 3.8) is 0 Å². The number of rotatable bonds is 4. The van der Waals surface area contributed by atoms with E-state index in [1.54, 1.807) is 0 Å². The number of hydrogen-bond acceptors (Lipinski definition) is 5. The van der Waals surface area contributed by atoms with Gasteiger partial charge >= 0.3 is 29.6 Å². The number of ketones is 1. The van der Waals surface area contributed by atoms with Crippen LogP contribution in [-0.2, 0) is 9.59 Å². The van der Waals surface area contributed by atoms with Gasteiger partial charge in [-0.1, -0.05) is 20.8 Å². The second-order valence-corrected chi connectivity index (χ2v) is 11.2. The smallest absolute Gasteiger partial charge is 0.550 e. The van der Waals surface area contributed by atoms with Crippen LogP contribution in [0.5, 0.6) is 0 Å². The van der Waals surface area contributed by atoms with Crippen molar-refractivity contribution in [3.05, 3.63) is 0 Å². The molecule has 4 rings (SSSR count). The van der Waals surface area contributed by atoms with Crippen LogP contribution in [0.3, 0.4) is 0 Å². The fraction of sp³-hybridized carbons (Fsp3) is 0.917. The SMILES string of the molecule is C[C@H](CCC(=O)[O-])[C@H]1CC[C@H]2[C@@H]3C(O)CC4CC(O)CC[C@]4(C)C3CC(=O)[C@]12C.[Na+]. The predicted octanol–water partition coefficient (Wildman–Crippen LogP) is -0.674. The van der Waals surface area contributed by atoms with Crippen molar-refractivity contribution in [2.24, 2.45) is 46.3 Å². The molecular formula is C24H37NaO5. The summed E-state index contributed by atoms with van der Waals surface area (Å²) in [5.74, 6) is 0.477. The third kappa shape index (κ3) is 3.75. The van der Waals surface area contributed by atoms with Gasteiger partial charge in [-0.05, 0) is 92.3 Å². The normalized spacial score (nSPS) is 48.7. The molecule has 6 heteroatoms. The minimum atomic E-state index is -1.02.